The fourth-order valence-corrected chi connectivity index (χ4v) is 2.85. The molecule has 11 heteroatoms. The Kier molecular flexibility index (Phi) is 6.56. The van der Waals surface area contributed by atoms with Crippen molar-refractivity contribution in [3.8, 4) is 0 Å². The van der Waals surface area contributed by atoms with Gasteiger partial charge in [0.05, 0.1) is 0 Å². The number of aryl methyl sites for hydroxylation is 2. The average Bonchev–Trinajstić information content (AvgIpc) is 2.74. The molecule has 2 aromatic rings. The van der Waals surface area contributed by atoms with Gasteiger partial charge in [-0.2, -0.15) is 10.1 Å². The van der Waals surface area contributed by atoms with Gasteiger partial charge in [0, 0.05) is 24.6 Å². The third-order valence-electron chi connectivity index (χ3n) is 4.69. The molecule has 7 nitrogen and oxygen atoms in total. The number of hydrogen-bond acceptors (Lipinski definition) is 5. The van der Waals surface area contributed by atoms with Crippen LogP contribution in [0.15, 0.2) is 29.4 Å². The molecule has 1 N–H and O–H groups in total. The predicted octanol–water partition coefficient (Wildman–Crippen LogP) is 3.52. The van der Waals surface area contributed by atoms with Crippen molar-refractivity contribution in [2.45, 2.75) is 26.7 Å². The Balaban J connectivity index is 1.72. The van der Waals surface area contributed by atoms with Gasteiger partial charge in [0.25, 0.3) is 5.91 Å². The number of ether oxygens (including phenoxy) is 1. The number of hydrogen-bond donors (Lipinski definition) is 1. The highest BCUT2D eigenvalue weighted by molar-refractivity contribution is 6.38. The van der Waals surface area contributed by atoms with Gasteiger partial charge >= 0.3 is 5.97 Å². The first-order valence-electron chi connectivity index (χ1n) is 9.36. The second-order valence-corrected chi connectivity index (χ2v) is 6.99. The molecule has 0 bridgehead atoms. The standard InChI is InChI=1S/C21H17F4N3O4/c1-10-3-4-12(7-11(10)2)26-16(29)9-32-21(31)15-5-6-17(30)28(27-15)20-18(24)13(22)8-14(23)19(20)25/h3-4,7-8H,5-6,9H2,1-2H3,(H,26,29). The Hall–Kier alpha value is -3.76. The van der Waals surface area contributed by atoms with Crippen LogP contribution >= 0.6 is 0 Å². The summed E-state index contributed by atoms with van der Waals surface area (Å²) >= 11 is 0. The lowest BCUT2D eigenvalue weighted by molar-refractivity contribution is -0.140. The minimum Gasteiger partial charge on any atom is -0.451 e. The van der Waals surface area contributed by atoms with Gasteiger partial charge in [-0.3, -0.25) is 9.59 Å². The monoisotopic (exact) mass is 451 g/mol. The molecule has 0 spiro atoms. The topological polar surface area (TPSA) is 88.1 Å². The lowest BCUT2D eigenvalue weighted by atomic mass is 10.1. The largest absolute Gasteiger partial charge is 0.451 e. The molecule has 0 aliphatic carbocycles. The van der Waals surface area contributed by atoms with Gasteiger partial charge in [-0.1, -0.05) is 6.07 Å². The third-order valence-corrected chi connectivity index (χ3v) is 4.69. The molecule has 2 amide bonds. The maximum absolute atomic E-state index is 14.0. The van der Waals surface area contributed by atoms with Gasteiger partial charge in [-0.25, -0.2) is 22.4 Å². The number of anilines is 2. The summed E-state index contributed by atoms with van der Waals surface area (Å²) in [5.74, 6) is -9.94. The Morgan fingerprint density at radius 1 is 1.03 bits per heavy atom. The number of carbonyl (C=O) groups excluding carboxylic acids is 3. The number of halogens is 4. The first-order valence-corrected chi connectivity index (χ1v) is 9.36. The molecule has 1 heterocycles. The lowest BCUT2D eigenvalue weighted by Crippen LogP contribution is -2.37. The molecule has 0 saturated carbocycles. The second kappa shape index (κ2) is 9.16. The molecule has 0 saturated heterocycles. The smallest absolute Gasteiger partial charge is 0.355 e. The molecule has 3 rings (SSSR count). The minimum atomic E-state index is -1.84. The van der Waals surface area contributed by atoms with Crippen molar-refractivity contribution in [1.82, 2.24) is 0 Å². The van der Waals surface area contributed by atoms with E-state index >= 15 is 0 Å². The van der Waals surface area contributed by atoms with Crippen molar-refractivity contribution >= 4 is 34.9 Å². The number of esters is 1. The maximum atomic E-state index is 14.0. The molecule has 0 fully saturated rings. The summed E-state index contributed by atoms with van der Waals surface area (Å²) in [6, 6.07) is 5.17. The molecule has 0 radical (unpaired) electrons. The lowest BCUT2D eigenvalue weighted by Gasteiger charge is -2.23. The third kappa shape index (κ3) is 4.76. The predicted molar refractivity (Wildman–Crippen MR) is 106 cm³/mol. The van der Waals surface area contributed by atoms with Crippen LogP contribution in [0.5, 0.6) is 0 Å². The molecule has 1 aliphatic rings. The van der Waals surface area contributed by atoms with Crippen LogP contribution in [0.1, 0.15) is 24.0 Å². The Morgan fingerprint density at radius 2 is 1.69 bits per heavy atom. The van der Waals surface area contributed by atoms with E-state index in [0.29, 0.717) is 5.69 Å². The Labute approximate surface area is 179 Å². The first kappa shape index (κ1) is 22.9. The van der Waals surface area contributed by atoms with E-state index in [1.165, 1.54) is 0 Å². The maximum Gasteiger partial charge on any atom is 0.355 e. The second-order valence-electron chi connectivity index (χ2n) is 6.99. The van der Waals surface area contributed by atoms with E-state index in [9.17, 15) is 31.9 Å². The van der Waals surface area contributed by atoms with E-state index in [4.69, 9.17) is 4.74 Å². The normalized spacial score (nSPS) is 13.6. The van der Waals surface area contributed by atoms with Crippen LogP contribution in [0.2, 0.25) is 0 Å². The molecular formula is C21H17F4N3O4. The number of nitrogens with one attached hydrogen (secondary N) is 1. The zero-order chi connectivity index (χ0) is 23.6. The number of nitrogens with zero attached hydrogens (tertiary/aromatic N) is 2. The summed E-state index contributed by atoms with van der Waals surface area (Å²) in [7, 11) is 0. The molecule has 1 aliphatic heterocycles. The van der Waals surface area contributed by atoms with E-state index in [1.54, 1.807) is 18.2 Å². The van der Waals surface area contributed by atoms with Gasteiger partial charge in [0.2, 0.25) is 5.91 Å². The molecule has 0 unspecified atom stereocenters. The van der Waals surface area contributed by atoms with Crippen LogP contribution in [0.3, 0.4) is 0 Å². The summed E-state index contributed by atoms with van der Waals surface area (Å²) in [5, 5.41) is 6.11. The van der Waals surface area contributed by atoms with Crippen molar-refractivity contribution in [2.24, 2.45) is 5.10 Å². The molecular weight excluding hydrogens is 434 g/mol. The zero-order valence-electron chi connectivity index (χ0n) is 17.0. The van der Waals surface area contributed by atoms with Crippen LogP contribution in [0.4, 0.5) is 28.9 Å². The van der Waals surface area contributed by atoms with Gasteiger partial charge in [-0.05, 0) is 37.1 Å². The van der Waals surface area contributed by atoms with E-state index in [1.807, 2.05) is 13.8 Å². The number of hydrazone groups is 1. The summed E-state index contributed by atoms with van der Waals surface area (Å²) in [6.45, 7) is 3.06. The Bertz CT molecular complexity index is 1120. The number of rotatable bonds is 5. The van der Waals surface area contributed by atoms with Crippen molar-refractivity contribution in [2.75, 3.05) is 16.9 Å². The van der Waals surface area contributed by atoms with E-state index in [0.717, 1.165) is 11.1 Å². The van der Waals surface area contributed by atoms with E-state index in [2.05, 4.69) is 10.4 Å². The van der Waals surface area contributed by atoms with Gasteiger partial charge in [-0.15, -0.1) is 0 Å². The van der Waals surface area contributed by atoms with Gasteiger partial charge in [0.1, 0.15) is 11.4 Å². The summed E-state index contributed by atoms with van der Waals surface area (Å²) in [5.41, 5.74) is 0.612. The molecule has 0 aromatic heterocycles. The van der Waals surface area contributed by atoms with Crippen molar-refractivity contribution in [3.05, 3.63) is 58.7 Å². The van der Waals surface area contributed by atoms with Crippen molar-refractivity contribution in [3.63, 3.8) is 0 Å². The van der Waals surface area contributed by atoms with Crippen LogP contribution in [-0.2, 0) is 19.1 Å². The highest BCUT2D eigenvalue weighted by Crippen LogP contribution is 2.30. The van der Waals surface area contributed by atoms with Crippen molar-refractivity contribution < 1.29 is 36.7 Å². The van der Waals surface area contributed by atoms with Gasteiger partial charge < -0.3 is 10.1 Å². The van der Waals surface area contributed by atoms with E-state index < -0.39 is 65.5 Å². The van der Waals surface area contributed by atoms with Crippen LogP contribution in [0, 0.1) is 37.1 Å². The van der Waals surface area contributed by atoms with E-state index in [-0.39, 0.29) is 17.5 Å². The van der Waals surface area contributed by atoms with Crippen molar-refractivity contribution in [1.29, 1.82) is 0 Å². The SMILES string of the molecule is Cc1ccc(NC(=O)COC(=O)C2=NN(c3c(F)c(F)cc(F)c3F)C(=O)CC2)cc1C. The van der Waals surface area contributed by atoms with Crippen LogP contribution in [-0.4, -0.2) is 30.1 Å². The average molecular weight is 451 g/mol. The van der Waals surface area contributed by atoms with Crippen LogP contribution < -0.4 is 10.3 Å². The van der Waals surface area contributed by atoms with Crippen LogP contribution in [0.25, 0.3) is 0 Å². The summed E-state index contributed by atoms with van der Waals surface area (Å²) < 4.78 is 59.9. The first-order chi connectivity index (χ1) is 15.1. The highest BCUT2D eigenvalue weighted by atomic mass is 19.2. The fourth-order valence-electron chi connectivity index (χ4n) is 2.85. The summed E-state index contributed by atoms with van der Waals surface area (Å²) in [6.07, 6.45) is -0.687. The zero-order valence-corrected chi connectivity index (χ0v) is 17.0. The quantitative estimate of drug-likeness (QED) is 0.428. The number of carbonyl (C=O) groups is 3. The highest BCUT2D eigenvalue weighted by Gasteiger charge is 2.33. The number of benzene rings is 2. The summed E-state index contributed by atoms with van der Waals surface area (Å²) in [4.78, 5) is 36.3. The Morgan fingerprint density at radius 3 is 2.31 bits per heavy atom. The molecule has 168 valence electrons. The fraction of sp³-hybridized carbons (Fsp3) is 0.238. The molecule has 32 heavy (non-hydrogen) atoms. The van der Waals surface area contributed by atoms with Gasteiger partial charge in [0.15, 0.2) is 29.9 Å². The minimum absolute atomic E-state index is 0.0182. The number of amides is 2. The molecule has 2 aromatic carbocycles. The molecule has 0 atom stereocenters.